The molecule has 1 amide bonds. The van der Waals surface area contributed by atoms with E-state index < -0.39 is 17.7 Å². The Labute approximate surface area is 283 Å². The van der Waals surface area contributed by atoms with E-state index in [0.29, 0.717) is 41.4 Å². The lowest BCUT2D eigenvalue weighted by atomic mass is 9.90. The average molecular weight is 679 g/mol. The summed E-state index contributed by atoms with van der Waals surface area (Å²) in [5, 5.41) is 15.3. The monoisotopic (exact) mass is 678 g/mol. The zero-order valence-corrected chi connectivity index (χ0v) is 27.7. The van der Waals surface area contributed by atoms with Crippen molar-refractivity contribution in [3.8, 4) is 0 Å². The van der Waals surface area contributed by atoms with Gasteiger partial charge in [-0.3, -0.25) is 14.6 Å². The smallest absolute Gasteiger partial charge is 0.416 e. The highest BCUT2D eigenvalue weighted by atomic mass is 32.2. The number of aliphatic carboxylic acids is 1. The summed E-state index contributed by atoms with van der Waals surface area (Å²) < 4.78 is 39.6. The Bertz CT molecular complexity index is 1650. The van der Waals surface area contributed by atoms with Crippen molar-refractivity contribution in [1.29, 1.82) is 0 Å². The first kappa shape index (κ1) is 35.2. The van der Waals surface area contributed by atoms with Crippen LogP contribution in [-0.4, -0.2) is 48.6 Å². The molecule has 0 aliphatic carbocycles. The molecule has 2 aliphatic heterocycles. The number of hydrogen-bond acceptors (Lipinski definition) is 6. The molecule has 7 nitrogen and oxygen atoms in total. The van der Waals surface area contributed by atoms with E-state index in [4.69, 9.17) is 10.1 Å². The summed E-state index contributed by atoms with van der Waals surface area (Å²) >= 11 is 1.51. The number of alkyl halides is 3. The fourth-order valence-electron chi connectivity index (χ4n) is 5.90. The van der Waals surface area contributed by atoms with Crippen molar-refractivity contribution in [1.82, 2.24) is 5.32 Å². The number of nitrogens with one attached hydrogen (secondary N) is 2. The lowest BCUT2D eigenvalue weighted by Gasteiger charge is -2.30. The number of thioether (sulfide) groups is 1. The molecule has 2 aliphatic rings. The molecule has 2 unspecified atom stereocenters. The second kappa shape index (κ2) is 16.3. The van der Waals surface area contributed by atoms with E-state index in [9.17, 15) is 22.8 Å². The minimum absolute atomic E-state index is 0.0285. The van der Waals surface area contributed by atoms with Gasteiger partial charge in [-0.1, -0.05) is 43.3 Å². The Morgan fingerprint density at radius 3 is 2.54 bits per heavy atom. The number of hydrogen-bond donors (Lipinski definition) is 3. The van der Waals surface area contributed by atoms with Crippen LogP contribution in [0, 0.1) is 11.8 Å². The number of carboxylic acid groups (broad SMARTS) is 1. The minimum Gasteiger partial charge on any atom is -0.481 e. The highest BCUT2D eigenvalue weighted by molar-refractivity contribution is 7.98. The third-order valence-electron chi connectivity index (χ3n) is 8.63. The van der Waals surface area contributed by atoms with Crippen molar-refractivity contribution in [3.05, 3.63) is 101 Å². The second-order valence-corrected chi connectivity index (χ2v) is 13.4. The molecule has 5 rings (SSSR count). The summed E-state index contributed by atoms with van der Waals surface area (Å²) in [5.74, 6) is 0.138. The number of amides is 1. The Kier molecular flexibility index (Phi) is 12.0. The zero-order chi connectivity index (χ0) is 34.1. The van der Waals surface area contributed by atoms with Crippen LogP contribution in [0.3, 0.4) is 0 Å². The van der Waals surface area contributed by atoms with Crippen LogP contribution >= 0.6 is 11.8 Å². The van der Waals surface area contributed by atoms with Crippen LogP contribution in [-0.2, 0) is 23.3 Å². The van der Waals surface area contributed by atoms with E-state index in [0.717, 1.165) is 54.5 Å². The van der Waals surface area contributed by atoms with Crippen molar-refractivity contribution in [2.45, 2.75) is 51.1 Å². The van der Waals surface area contributed by atoms with E-state index in [2.05, 4.69) is 34.6 Å². The summed E-state index contributed by atoms with van der Waals surface area (Å²) in [7, 11) is 0. The minimum atomic E-state index is -4.39. The van der Waals surface area contributed by atoms with Gasteiger partial charge in [0.1, 0.15) is 0 Å². The Morgan fingerprint density at radius 1 is 1.00 bits per heavy atom. The van der Waals surface area contributed by atoms with Crippen LogP contribution in [0.4, 0.5) is 24.5 Å². The van der Waals surface area contributed by atoms with Crippen LogP contribution in [0.25, 0.3) is 5.70 Å². The molecule has 0 spiro atoms. The number of anilines is 2. The maximum Gasteiger partial charge on any atom is 0.416 e. The Hall–Kier alpha value is -4.09. The van der Waals surface area contributed by atoms with Crippen LogP contribution in [0.15, 0.2) is 77.8 Å². The maximum atomic E-state index is 13.5. The predicted molar refractivity (Wildman–Crippen MR) is 188 cm³/mol. The molecule has 11 heteroatoms. The standard InChI is InChI=1S/C37H41F3N4O3S/c1-25-21-42-34(19-29(25)23-41-22-26-7-6-10-30(18-26)37(38,39)40)32-20-31(44-14-3-2-4-15-44)11-12-33(32)43-36(47)28-9-5-8-27(17-28)24-48-16-13-35(45)46/h5-12,17-21,25,29,41H,2-4,13-16,22-24H2,1H3,(H,43,47)(H,45,46). The van der Waals surface area contributed by atoms with E-state index >= 15 is 0 Å². The number of benzene rings is 3. The Balaban J connectivity index is 1.34. The van der Waals surface area contributed by atoms with Gasteiger partial charge in [-0.05, 0) is 78.6 Å². The molecule has 48 heavy (non-hydrogen) atoms. The van der Waals surface area contributed by atoms with Crippen molar-refractivity contribution in [2.75, 3.05) is 35.6 Å². The molecule has 3 aromatic carbocycles. The third-order valence-corrected chi connectivity index (χ3v) is 9.66. The first-order valence-electron chi connectivity index (χ1n) is 16.3. The van der Waals surface area contributed by atoms with Gasteiger partial charge in [-0.2, -0.15) is 24.9 Å². The summed E-state index contributed by atoms with van der Waals surface area (Å²) in [4.78, 5) is 31.5. The van der Waals surface area contributed by atoms with Crippen LogP contribution in [0.1, 0.15) is 65.2 Å². The van der Waals surface area contributed by atoms with Gasteiger partial charge in [0.15, 0.2) is 0 Å². The molecule has 3 N–H and O–H groups in total. The van der Waals surface area contributed by atoms with E-state index in [1.54, 1.807) is 12.1 Å². The van der Waals surface area contributed by atoms with Crippen LogP contribution < -0.4 is 15.5 Å². The molecule has 3 aromatic rings. The molecular weight excluding hydrogens is 637 g/mol. The molecule has 0 aromatic heterocycles. The number of halogens is 3. The quantitative estimate of drug-likeness (QED) is 0.158. The number of carboxylic acids is 1. The Morgan fingerprint density at radius 2 is 1.77 bits per heavy atom. The van der Waals surface area contributed by atoms with E-state index in [-0.39, 0.29) is 24.2 Å². The van der Waals surface area contributed by atoms with Gasteiger partial charge in [-0.15, -0.1) is 0 Å². The molecule has 1 saturated heterocycles. The fourth-order valence-corrected chi connectivity index (χ4v) is 6.78. The molecular formula is C37H41F3N4O3S. The molecule has 254 valence electrons. The maximum absolute atomic E-state index is 13.5. The van der Waals surface area contributed by atoms with Crippen molar-refractivity contribution in [2.24, 2.45) is 16.8 Å². The van der Waals surface area contributed by atoms with Crippen molar-refractivity contribution in [3.63, 3.8) is 0 Å². The lowest BCUT2D eigenvalue weighted by Crippen LogP contribution is -2.29. The summed E-state index contributed by atoms with van der Waals surface area (Å²) in [6.07, 6.45) is 3.14. The third kappa shape index (κ3) is 9.73. The number of nitrogens with zero attached hydrogens (tertiary/aromatic N) is 2. The number of piperidine rings is 1. The topological polar surface area (TPSA) is 94.0 Å². The normalized spacial score (nSPS) is 18.0. The summed E-state index contributed by atoms with van der Waals surface area (Å²) in [5.41, 5.74) is 4.58. The van der Waals surface area contributed by atoms with Gasteiger partial charge in [0.25, 0.3) is 5.91 Å². The van der Waals surface area contributed by atoms with Gasteiger partial charge < -0.3 is 20.6 Å². The first-order chi connectivity index (χ1) is 23.1. The highest BCUT2D eigenvalue weighted by Crippen LogP contribution is 2.35. The van der Waals surface area contributed by atoms with Crippen LogP contribution in [0.5, 0.6) is 0 Å². The highest BCUT2D eigenvalue weighted by Gasteiger charge is 2.30. The van der Waals surface area contributed by atoms with E-state index in [1.807, 2.05) is 36.5 Å². The number of rotatable bonds is 13. The fraction of sp³-hybridized carbons (Fsp3) is 0.378. The number of carbonyl (C=O) groups is 2. The van der Waals surface area contributed by atoms with Gasteiger partial charge in [0.05, 0.1) is 23.4 Å². The number of carbonyl (C=O) groups excluding carboxylic acids is 1. The van der Waals surface area contributed by atoms with Crippen molar-refractivity contribution < 1.29 is 27.9 Å². The van der Waals surface area contributed by atoms with Crippen LogP contribution in [0.2, 0.25) is 0 Å². The SMILES string of the molecule is CC1C=NC(c2cc(N3CCCCC3)ccc2NC(=O)c2cccc(CSCCC(=O)O)c2)=CC1CNCc1cccc(C(F)(F)F)c1. The van der Waals surface area contributed by atoms with Crippen molar-refractivity contribution >= 4 is 46.9 Å². The first-order valence-corrected chi connectivity index (χ1v) is 17.4. The summed E-state index contributed by atoms with van der Waals surface area (Å²) in [6.45, 7) is 4.83. The molecule has 0 bridgehead atoms. The van der Waals surface area contributed by atoms with Gasteiger partial charge in [0.2, 0.25) is 0 Å². The van der Waals surface area contributed by atoms with Gasteiger partial charge >= 0.3 is 12.1 Å². The number of aliphatic imine (C=N–C) groups is 1. The molecule has 2 atom stereocenters. The summed E-state index contributed by atoms with van der Waals surface area (Å²) in [6, 6.07) is 18.8. The lowest BCUT2D eigenvalue weighted by molar-refractivity contribution is -0.138. The second-order valence-electron chi connectivity index (χ2n) is 12.3. The molecule has 0 radical (unpaired) electrons. The zero-order valence-electron chi connectivity index (χ0n) is 26.9. The van der Waals surface area contributed by atoms with E-state index in [1.165, 1.54) is 30.3 Å². The average Bonchev–Trinajstić information content (AvgIpc) is 3.08. The van der Waals surface area contributed by atoms with Gasteiger partial charge in [0, 0.05) is 60.7 Å². The predicted octanol–water partition coefficient (Wildman–Crippen LogP) is 8.12. The molecule has 2 heterocycles. The molecule has 1 fully saturated rings. The largest absolute Gasteiger partial charge is 0.481 e. The molecule has 0 saturated carbocycles. The van der Waals surface area contributed by atoms with Gasteiger partial charge in [-0.25, -0.2) is 0 Å².